The number of carbonyl (C=O) groups excluding carboxylic acids is 2. The molecule has 0 aromatic carbocycles. The Morgan fingerprint density at radius 2 is 2.03 bits per heavy atom. The summed E-state index contributed by atoms with van der Waals surface area (Å²) in [7, 11) is 1.50. The Hall–Kier alpha value is -1.65. The first-order chi connectivity index (χ1) is 15.5. The quantitative estimate of drug-likeness (QED) is 0.360. The summed E-state index contributed by atoms with van der Waals surface area (Å²) in [6.07, 6.45) is 7.34. The van der Waals surface area contributed by atoms with Crippen molar-refractivity contribution in [3.63, 3.8) is 0 Å². The van der Waals surface area contributed by atoms with E-state index in [4.69, 9.17) is 9.47 Å². The molecule has 1 aliphatic heterocycles. The maximum atomic E-state index is 13.2. The van der Waals surface area contributed by atoms with Gasteiger partial charge in [-0.2, -0.15) is 0 Å². The van der Waals surface area contributed by atoms with Crippen molar-refractivity contribution in [2.45, 2.75) is 49.0 Å². The van der Waals surface area contributed by atoms with Crippen molar-refractivity contribution >= 4 is 34.7 Å². The van der Waals surface area contributed by atoms with Crippen LogP contribution in [0.25, 0.3) is 0 Å². The highest BCUT2D eigenvalue weighted by atomic mass is 32.2. The average Bonchev–Trinajstić information content (AvgIpc) is 3.32. The van der Waals surface area contributed by atoms with Gasteiger partial charge in [0.05, 0.1) is 23.1 Å². The van der Waals surface area contributed by atoms with E-state index in [0.29, 0.717) is 15.8 Å². The van der Waals surface area contributed by atoms with Crippen LogP contribution in [0.4, 0.5) is 0 Å². The Kier molecular flexibility index (Phi) is 9.80. The highest BCUT2D eigenvalue weighted by Crippen LogP contribution is 2.31. The smallest absolute Gasteiger partial charge is 0.191 e. The first-order valence-electron chi connectivity index (χ1n) is 10.8. The largest absolute Gasteiger partial charge is 0.385 e. The van der Waals surface area contributed by atoms with Gasteiger partial charge in [0.1, 0.15) is 11.9 Å². The third-order valence-electron chi connectivity index (χ3n) is 5.66. The number of aromatic nitrogens is 2. The van der Waals surface area contributed by atoms with Crippen LogP contribution in [0.3, 0.4) is 0 Å². The summed E-state index contributed by atoms with van der Waals surface area (Å²) in [5.41, 5.74) is 0.769. The Morgan fingerprint density at radius 1 is 1.25 bits per heavy atom. The van der Waals surface area contributed by atoms with Crippen LogP contribution >= 0.6 is 23.1 Å². The molecule has 2 atom stereocenters. The molecular weight excluding hydrogens is 448 g/mol. The van der Waals surface area contributed by atoms with E-state index in [-0.39, 0.29) is 36.9 Å². The summed E-state index contributed by atoms with van der Waals surface area (Å²) < 4.78 is 10.4. The second-order valence-electron chi connectivity index (χ2n) is 7.90. The molecule has 9 heteroatoms. The summed E-state index contributed by atoms with van der Waals surface area (Å²) in [6.45, 7) is 1.60. The van der Waals surface area contributed by atoms with Crippen molar-refractivity contribution in [2.75, 3.05) is 33.2 Å². The van der Waals surface area contributed by atoms with Gasteiger partial charge in [-0.3, -0.25) is 14.6 Å². The van der Waals surface area contributed by atoms with Crippen LogP contribution in [0.1, 0.15) is 64.5 Å². The average molecular weight is 479 g/mol. The number of rotatable bonds is 12. The summed E-state index contributed by atoms with van der Waals surface area (Å²) in [5, 5.41) is 10.3. The van der Waals surface area contributed by atoms with E-state index in [0.717, 1.165) is 54.4 Å². The van der Waals surface area contributed by atoms with E-state index in [1.165, 1.54) is 13.3 Å². The molecule has 1 aliphatic rings. The third kappa shape index (κ3) is 6.92. The topological polar surface area (TPSA) is 98.6 Å². The lowest BCUT2D eigenvalue weighted by Gasteiger charge is -2.26. The lowest BCUT2D eigenvalue weighted by atomic mass is 9.83. The number of Topliss-reactive ketones (excluding diaryl/α,β-unsaturated/α-hetero) is 2. The number of ether oxygens (including phenoxy) is 2. The van der Waals surface area contributed by atoms with Crippen LogP contribution in [0, 0.1) is 5.92 Å². The Balaban J connectivity index is 1.65. The highest BCUT2D eigenvalue weighted by molar-refractivity contribution is 7.98. The number of thioether (sulfide) groups is 1. The van der Waals surface area contributed by atoms with Crippen LogP contribution in [-0.4, -0.2) is 59.8 Å². The lowest BCUT2D eigenvalue weighted by Crippen LogP contribution is -2.23. The summed E-state index contributed by atoms with van der Waals surface area (Å²) in [6, 6.07) is 3.92. The van der Waals surface area contributed by atoms with E-state index in [2.05, 4.69) is 9.97 Å². The van der Waals surface area contributed by atoms with Gasteiger partial charge in [-0.1, -0.05) is 0 Å². The summed E-state index contributed by atoms with van der Waals surface area (Å²) in [4.78, 5) is 36.1. The number of hydrogen-bond acceptors (Lipinski definition) is 9. The molecule has 0 radical (unpaired) electrons. The van der Waals surface area contributed by atoms with Crippen LogP contribution < -0.4 is 0 Å². The number of hydrogen-bond donors (Lipinski definition) is 1. The molecule has 1 N–H and O–H groups in total. The van der Waals surface area contributed by atoms with Gasteiger partial charge in [-0.25, -0.2) is 4.98 Å². The number of pyridine rings is 1. The van der Waals surface area contributed by atoms with Gasteiger partial charge < -0.3 is 14.6 Å². The molecule has 3 rings (SSSR count). The molecule has 1 saturated heterocycles. The first kappa shape index (κ1) is 25.0. The van der Waals surface area contributed by atoms with Gasteiger partial charge in [0.15, 0.2) is 10.8 Å². The second-order valence-corrected chi connectivity index (χ2v) is 9.84. The van der Waals surface area contributed by atoms with Crippen molar-refractivity contribution in [1.29, 1.82) is 0 Å². The minimum absolute atomic E-state index is 0.0328. The maximum Gasteiger partial charge on any atom is 0.191 e. The standard InChI is InChI=1S/C23H30N2O5S2/c1-29-14-21(28)22-13-25-23(32-22)20(27)6-5-19(26)17(11-15-7-9-30-10-8-15)18-4-3-16(31-2)12-24-18/h3-4,12-13,15,17,21,28H,5-11,14H2,1-2H3. The van der Waals surface area contributed by atoms with E-state index in [1.54, 1.807) is 18.0 Å². The van der Waals surface area contributed by atoms with Gasteiger partial charge in [0.25, 0.3) is 0 Å². The number of methoxy groups -OCH3 is 1. The van der Waals surface area contributed by atoms with Gasteiger partial charge in [0, 0.05) is 50.5 Å². The Morgan fingerprint density at radius 3 is 2.69 bits per heavy atom. The molecule has 0 bridgehead atoms. The molecule has 2 aromatic rings. The van der Waals surface area contributed by atoms with Crippen LogP contribution in [-0.2, 0) is 14.3 Å². The SMILES string of the molecule is COCC(O)c1cnc(C(=O)CCC(=O)C(CC2CCOCC2)c2ccc(SC)cn2)s1. The van der Waals surface area contributed by atoms with Gasteiger partial charge in [0.2, 0.25) is 0 Å². The van der Waals surface area contributed by atoms with Gasteiger partial charge in [-0.05, 0) is 43.6 Å². The number of thiazole rings is 1. The second kappa shape index (κ2) is 12.6. The zero-order chi connectivity index (χ0) is 22.9. The number of carbonyl (C=O) groups is 2. The van der Waals surface area contributed by atoms with Crippen LogP contribution in [0.5, 0.6) is 0 Å². The molecular formula is C23H30N2O5S2. The monoisotopic (exact) mass is 478 g/mol. The predicted octanol–water partition coefficient (Wildman–Crippen LogP) is 4.07. The molecule has 7 nitrogen and oxygen atoms in total. The van der Waals surface area contributed by atoms with Crippen LogP contribution in [0.15, 0.2) is 29.4 Å². The zero-order valence-electron chi connectivity index (χ0n) is 18.5. The number of nitrogens with zero attached hydrogens (tertiary/aromatic N) is 2. The van der Waals surface area contributed by atoms with Crippen molar-refractivity contribution < 1.29 is 24.2 Å². The normalized spacial score (nSPS) is 16.6. The Labute approximate surface area is 197 Å². The third-order valence-corrected chi connectivity index (χ3v) is 7.52. The fourth-order valence-electron chi connectivity index (χ4n) is 3.78. The van der Waals surface area contributed by atoms with Crippen molar-refractivity contribution in [2.24, 2.45) is 5.92 Å². The minimum atomic E-state index is -0.806. The fourth-order valence-corrected chi connectivity index (χ4v) is 4.99. The molecule has 0 amide bonds. The Bertz CT molecular complexity index is 881. The molecule has 0 spiro atoms. The molecule has 2 unspecified atom stereocenters. The summed E-state index contributed by atoms with van der Waals surface area (Å²) >= 11 is 2.76. The van der Waals surface area contributed by atoms with E-state index < -0.39 is 6.10 Å². The number of ketones is 2. The molecule has 3 heterocycles. The molecule has 1 fully saturated rings. The summed E-state index contributed by atoms with van der Waals surface area (Å²) in [5.74, 6) is -0.0587. The lowest BCUT2D eigenvalue weighted by molar-refractivity contribution is -0.121. The molecule has 0 saturated carbocycles. The van der Waals surface area contributed by atoms with Crippen molar-refractivity contribution in [3.05, 3.63) is 40.1 Å². The minimum Gasteiger partial charge on any atom is -0.385 e. The van der Waals surface area contributed by atoms with Crippen molar-refractivity contribution in [3.8, 4) is 0 Å². The van der Waals surface area contributed by atoms with Crippen molar-refractivity contribution in [1.82, 2.24) is 9.97 Å². The van der Waals surface area contributed by atoms with Gasteiger partial charge >= 0.3 is 0 Å². The number of aliphatic hydroxyl groups is 1. The van der Waals surface area contributed by atoms with E-state index in [1.807, 2.05) is 18.4 Å². The van der Waals surface area contributed by atoms with E-state index in [9.17, 15) is 14.7 Å². The zero-order valence-corrected chi connectivity index (χ0v) is 20.1. The highest BCUT2D eigenvalue weighted by Gasteiger charge is 2.28. The fraction of sp³-hybridized carbons (Fsp3) is 0.565. The van der Waals surface area contributed by atoms with E-state index >= 15 is 0 Å². The van der Waals surface area contributed by atoms with Crippen LogP contribution in [0.2, 0.25) is 0 Å². The predicted molar refractivity (Wildman–Crippen MR) is 124 cm³/mol. The molecule has 0 aliphatic carbocycles. The maximum absolute atomic E-state index is 13.2. The molecule has 174 valence electrons. The van der Waals surface area contributed by atoms with Gasteiger partial charge in [-0.15, -0.1) is 23.1 Å². The molecule has 2 aromatic heterocycles. The number of aliphatic hydroxyl groups excluding tert-OH is 1. The first-order valence-corrected chi connectivity index (χ1v) is 12.8. The molecule has 32 heavy (non-hydrogen) atoms.